The third kappa shape index (κ3) is 4.94. The highest BCUT2D eigenvalue weighted by atomic mass is 16.5. The molecule has 4 rings (SSSR count). The van der Waals surface area contributed by atoms with Crippen molar-refractivity contribution in [2.24, 2.45) is 12.8 Å². The van der Waals surface area contributed by atoms with Crippen LogP contribution >= 0.6 is 0 Å². The molecule has 9 nitrogen and oxygen atoms in total. The summed E-state index contributed by atoms with van der Waals surface area (Å²) in [4.78, 5) is 12.0. The molecule has 0 saturated carbocycles. The smallest absolute Gasteiger partial charge is 0.257 e. The number of aryl methyl sites for hydroxylation is 1. The van der Waals surface area contributed by atoms with Crippen LogP contribution in [0.4, 0.5) is 11.5 Å². The van der Waals surface area contributed by atoms with Gasteiger partial charge >= 0.3 is 0 Å². The van der Waals surface area contributed by atoms with Crippen molar-refractivity contribution in [3.05, 3.63) is 47.5 Å². The Morgan fingerprint density at radius 2 is 1.91 bits per heavy atom. The lowest BCUT2D eigenvalue weighted by Gasteiger charge is -2.14. The van der Waals surface area contributed by atoms with E-state index in [1.165, 1.54) is 0 Å². The molecular weight excluding hydrogens is 434 g/mol. The molecular formula is C25H31N5O4. The Bertz CT molecular complexity index is 1170. The number of benzene rings is 2. The summed E-state index contributed by atoms with van der Waals surface area (Å²) >= 11 is 0. The van der Waals surface area contributed by atoms with Gasteiger partial charge in [0.05, 0.1) is 18.9 Å². The van der Waals surface area contributed by atoms with Gasteiger partial charge in [0.15, 0.2) is 23.9 Å². The normalized spacial score (nSPS) is 11.5. The van der Waals surface area contributed by atoms with Crippen LogP contribution in [0.25, 0.3) is 11.3 Å². The summed E-state index contributed by atoms with van der Waals surface area (Å²) in [6, 6.07) is 11.8. The van der Waals surface area contributed by atoms with Crippen LogP contribution in [0.5, 0.6) is 17.2 Å². The second-order valence-electron chi connectivity index (χ2n) is 7.88. The summed E-state index contributed by atoms with van der Waals surface area (Å²) in [5.41, 5.74) is 10.6. The van der Waals surface area contributed by atoms with E-state index in [1.807, 2.05) is 62.0 Å². The zero-order valence-electron chi connectivity index (χ0n) is 19.8. The molecule has 0 radical (unpaired) electrons. The van der Waals surface area contributed by atoms with Gasteiger partial charge in [0.1, 0.15) is 5.75 Å². The number of amides is 1. The number of aromatic nitrogens is 2. The standard InChI is InChI=1S/C25H31N5O4/c1-4-32-18-8-6-7-17(13-18)28-25-20-11-16-12-21(33-5-2)22(34-15-23(31)27-10-9-26)14-19(16)24(20)30(3)29-25/h6-8,12-14H,4-5,9-11,15,26H2,1-3H3,(H,27,31)(H,28,29). The van der Waals surface area contributed by atoms with Crippen molar-refractivity contribution >= 4 is 17.4 Å². The summed E-state index contributed by atoms with van der Waals surface area (Å²) in [6.45, 7) is 5.66. The summed E-state index contributed by atoms with van der Waals surface area (Å²) < 4.78 is 19.1. The number of ether oxygens (including phenoxy) is 3. The lowest BCUT2D eigenvalue weighted by Crippen LogP contribution is -2.32. The predicted octanol–water partition coefficient (Wildman–Crippen LogP) is 2.99. The average molecular weight is 466 g/mol. The highest BCUT2D eigenvalue weighted by Crippen LogP contribution is 2.45. The van der Waals surface area contributed by atoms with E-state index >= 15 is 0 Å². The van der Waals surface area contributed by atoms with E-state index in [2.05, 4.69) is 10.6 Å². The molecule has 0 fully saturated rings. The number of hydrogen-bond donors (Lipinski definition) is 3. The van der Waals surface area contributed by atoms with Crippen molar-refractivity contribution in [2.45, 2.75) is 20.3 Å². The van der Waals surface area contributed by atoms with Crippen LogP contribution in [-0.2, 0) is 18.3 Å². The van der Waals surface area contributed by atoms with Gasteiger partial charge in [-0.3, -0.25) is 9.48 Å². The van der Waals surface area contributed by atoms with Crippen molar-refractivity contribution in [1.82, 2.24) is 15.1 Å². The Morgan fingerprint density at radius 3 is 2.68 bits per heavy atom. The van der Waals surface area contributed by atoms with Gasteiger partial charge in [0.2, 0.25) is 0 Å². The van der Waals surface area contributed by atoms with Gasteiger partial charge in [-0.05, 0) is 43.7 Å². The highest BCUT2D eigenvalue weighted by molar-refractivity contribution is 5.82. The van der Waals surface area contributed by atoms with E-state index in [9.17, 15) is 4.79 Å². The monoisotopic (exact) mass is 465 g/mol. The lowest BCUT2D eigenvalue weighted by atomic mass is 10.1. The molecule has 2 aromatic carbocycles. The van der Waals surface area contributed by atoms with Crippen molar-refractivity contribution in [3.8, 4) is 28.5 Å². The fraction of sp³-hybridized carbons (Fsp3) is 0.360. The van der Waals surface area contributed by atoms with Crippen molar-refractivity contribution < 1.29 is 19.0 Å². The first kappa shape index (κ1) is 23.4. The highest BCUT2D eigenvalue weighted by Gasteiger charge is 2.29. The van der Waals surface area contributed by atoms with Gasteiger partial charge in [-0.1, -0.05) is 6.07 Å². The Balaban J connectivity index is 1.61. The second kappa shape index (κ2) is 10.5. The molecule has 1 aliphatic rings. The van der Waals surface area contributed by atoms with E-state index < -0.39 is 0 Å². The van der Waals surface area contributed by atoms with Crippen molar-refractivity contribution in [2.75, 3.05) is 38.2 Å². The van der Waals surface area contributed by atoms with Gasteiger partial charge in [0.25, 0.3) is 5.91 Å². The minimum atomic E-state index is -0.226. The summed E-state index contributed by atoms with van der Waals surface area (Å²) in [5.74, 6) is 2.52. The molecule has 4 N–H and O–H groups in total. The predicted molar refractivity (Wildman–Crippen MR) is 131 cm³/mol. The number of hydrogen-bond acceptors (Lipinski definition) is 7. The molecule has 9 heteroatoms. The number of rotatable bonds is 11. The molecule has 0 bridgehead atoms. The minimum absolute atomic E-state index is 0.111. The largest absolute Gasteiger partial charge is 0.494 e. The molecule has 0 saturated heterocycles. The molecule has 1 aromatic heterocycles. The van der Waals surface area contributed by atoms with E-state index in [-0.39, 0.29) is 12.5 Å². The molecule has 0 atom stereocenters. The van der Waals surface area contributed by atoms with Crippen LogP contribution in [0.2, 0.25) is 0 Å². The maximum Gasteiger partial charge on any atom is 0.257 e. The minimum Gasteiger partial charge on any atom is -0.494 e. The fourth-order valence-electron chi connectivity index (χ4n) is 4.09. The average Bonchev–Trinajstić information content (AvgIpc) is 3.33. The van der Waals surface area contributed by atoms with Crippen molar-refractivity contribution in [1.29, 1.82) is 0 Å². The molecule has 0 spiro atoms. The van der Waals surface area contributed by atoms with Crippen LogP contribution in [0.15, 0.2) is 36.4 Å². The Labute approximate surface area is 199 Å². The quantitative estimate of drug-likeness (QED) is 0.312. The lowest BCUT2D eigenvalue weighted by molar-refractivity contribution is -0.123. The number of anilines is 2. The number of nitrogens with two attached hydrogens (primary N) is 1. The Morgan fingerprint density at radius 1 is 1.12 bits per heavy atom. The van der Waals surface area contributed by atoms with Crippen molar-refractivity contribution in [3.63, 3.8) is 0 Å². The molecule has 0 unspecified atom stereocenters. The first-order valence-electron chi connectivity index (χ1n) is 11.5. The zero-order chi connectivity index (χ0) is 24.1. The number of nitrogens with one attached hydrogen (secondary N) is 2. The number of fused-ring (bicyclic) bond motifs is 3. The molecule has 1 heterocycles. The molecule has 3 aromatic rings. The first-order valence-corrected chi connectivity index (χ1v) is 11.5. The van der Waals surface area contributed by atoms with Crippen LogP contribution in [0, 0.1) is 0 Å². The van der Waals surface area contributed by atoms with E-state index in [4.69, 9.17) is 25.0 Å². The second-order valence-corrected chi connectivity index (χ2v) is 7.88. The topological polar surface area (TPSA) is 113 Å². The number of carbonyl (C=O) groups is 1. The Hall–Kier alpha value is -3.72. The fourth-order valence-corrected chi connectivity index (χ4v) is 4.09. The van der Waals surface area contributed by atoms with Crippen LogP contribution in [0.1, 0.15) is 25.0 Å². The molecule has 1 amide bonds. The first-order chi connectivity index (χ1) is 16.5. The summed E-state index contributed by atoms with van der Waals surface area (Å²) in [7, 11) is 1.92. The number of nitrogens with zero attached hydrogens (tertiary/aromatic N) is 2. The van der Waals surface area contributed by atoms with Gasteiger partial charge in [-0.25, -0.2) is 0 Å². The summed E-state index contributed by atoms with van der Waals surface area (Å²) in [6.07, 6.45) is 0.712. The van der Waals surface area contributed by atoms with E-state index in [0.717, 1.165) is 39.6 Å². The van der Waals surface area contributed by atoms with E-state index in [1.54, 1.807) is 0 Å². The molecule has 0 aliphatic heterocycles. The third-order valence-electron chi connectivity index (χ3n) is 5.47. The van der Waals surface area contributed by atoms with Gasteiger partial charge in [-0.2, -0.15) is 5.10 Å². The number of carbonyl (C=O) groups excluding carboxylic acids is 1. The van der Waals surface area contributed by atoms with Crippen LogP contribution < -0.4 is 30.6 Å². The molecule has 180 valence electrons. The molecule has 34 heavy (non-hydrogen) atoms. The van der Waals surface area contributed by atoms with E-state index in [0.29, 0.717) is 44.2 Å². The Kier molecular flexibility index (Phi) is 7.22. The van der Waals surface area contributed by atoms with Gasteiger partial charge in [-0.15, -0.1) is 0 Å². The maximum atomic E-state index is 12.0. The van der Waals surface area contributed by atoms with Gasteiger partial charge < -0.3 is 30.6 Å². The van der Waals surface area contributed by atoms with Crippen LogP contribution in [0.3, 0.4) is 0 Å². The maximum absolute atomic E-state index is 12.0. The summed E-state index contributed by atoms with van der Waals surface area (Å²) in [5, 5.41) is 10.9. The molecule has 1 aliphatic carbocycles. The SMILES string of the molecule is CCOc1cccc(Nc2nn(C)c3c2Cc2cc(OCC)c(OCC(=O)NCCN)cc2-3)c1. The third-order valence-corrected chi connectivity index (χ3v) is 5.47. The van der Waals surface area contributed by atoms with Gasteiger partial charge in [0, 0.05) is 49.4 Å². The van der Waals surface area contributed by atoms with Crippen LogP contribution in [-0.4, -0.2) is 48.6 Å². The zero-order valence-corrected chi connectivity index (χ0v) is 19.8.